The molecule has 0 saturated carbocycles. The molecule has 0 aliphatic carbocycles. The van der Waals surface area contributed by atoms with Crippen LogP contribution < -0.4 is 10.2 Å². The van der Waals surface area contributed by atoms with Crippen molar-refractivity contribution in [2.75, 3.05) is 11.4 Å². The number of benzene rings is 2. The molecule has 142 valence electrons. The Morgan fingerprint density at radius 1 is 1.04 bits per heavy atom. The van der Waals surface area contributed by atoms with Crippen molar-refractivity contribution in [3.63, 3.8) is 0 Å². The highest BCUT2D eigenvalue weighted by atomic mass is 19.2. The average Bonchev–Trinajstić information content (AvgIpc) is 3.07. The van der Waals surface area contributed by atoms with E-state index in [-0.39, 0.29) is 11.8 Å². The number of para-hydroxylation sites is 1. The Labute approximate surface area is 155 Å². The number of hydrogen-bond acceptors (Lipinski definition) is 2. The first kappa shape index (κ1) is 18.9. The number of rotatable bonds is 4. The fourth-order valence-corrected chi connectivity index (χ4v) is 3.17. The van der Waals surface area contributed by atoms with E-state index in [9.17, 15) is 22.8 Å². The van der Waals surface area contributed by atoms with Crippen LogP contribution in [0.25, 0.3) is 0 Å². The van der Waals surface area contributed by atoms with Crippen molar-refractivity contribution in [3.05, 3.63) is 65.0 Å². The fourth-order valence-electron chi connectivity index (χ4n) is 3.17. The van der Waals surface area contributed by atoms with E-state index < -0.39 is 35.0 Å². The number of nitrogens with one attached hydrogen (secondary N) is 1. The third kappa shape index (κ3) is 3.54. The zero-order chi connectivity index (χ0) is 19.7. The second-order valence-corrected chi connectivity index (χ2v) is 6.79. The summed E-state index contributed by atoms with van der Waals surface area (Å²) in [6.07, 6.45) is 0.707. The Bertz CT molecular complexity index is 899. The smallest absolute Gasteiger partial charge is 0.255 e. The number of hydrogen-bond donors (Lipinski definition) is 1. The molecule has 4 nitrogen and oxygen atoms in total. The lowest BCUT2D eigenvalue weighted by Gasteiger charge is -2.27. The minimum atomic E-state index is -1.72. The largest absolute Gasteiger partial charge is 0.340 e. The summed E-state index contributed by atoms with van der Waals surface area (Å²) >= 11 is 0. The van der Waals surface area contributed by atoms with Crippen LogP contribution in [0.5, 0.6) is 0 Å². The van der Waals surface area contributed by atoms with Crippen molar-refractivity contribution in [1.29, 1.82) is 0 Å². The third-order valence-electron chi connectivity index (χ3n) is 4.65. The molecule has 0 fully saturated rings. The number of anilines is 1. The Morgan fingerprint density at radius 2 is 1.74 bits per heavy atom. The average molecular weight is 376 g/mol. The van der Waals surface area contributed by atoms with Crippen LogP contribution >= 0.6 is 0 Å². The molecule has 1 atom stereocenters. The maximum atomic E-state index is 13.9. The Balaban J connectivity index is 1.84. The van der Waals surface area contributed by atoms with Crippen molar-refractivity contribution in [2.24, 2.45) is 5.92 Å². The van der Waals surface area contributed by atoms with Gasteiger partial charge in [-0.15, -0.1) is 0 Å². The molecule has 2 aromatic carbocycles. The highest BCUT2D eigenvalue weighted by molar-refractivity contribution is 6.03. The number of carbonyl (C=O) groups is 2. The highest BCUT2D eigenvalue weighted by Crippen LogP contribution is 2.28. The van der Waals surface area contributed by atoms with Gasteiger partial charge in [0.1, 0.15) is 6.04 Å². The van der Waals surface area contributed by atoms with Gasteiger partial charge in [0, 0.05) is 12.2 Å². The number of nitrogens with zero attached hydrogens (tertiary/aromatic N) is 1. The maximum Gasteiger partial charge on any atom is 0.255 e. The van der Waals surface area contributed by atoms with E-state index in [0.29, 0.717) is 19.0 Å². The summed E-state index contributed by atoms with van der Waals surface area (Å²) in [4.78, 5) is 27.0. The van der Waals surface area contributed by atoms with Crippen molar-refractivity contribution < 1.29 is 22.8 Å². The SMILES string of the molecule is CC(C)[C@H](NC(=O)c1ccc(F)c(F)c1F)C(=O)N1CCc2ccccc21. The second kappa shape index (κ2) is 7.42. The quantitative estimate of drug-likeness (QED) is 0.831. The lowest BCUT2D eigenvalue weighted by molar-refractivity contribution is -0.121. The lowest BCUT2D eigenvalue weighted by atomic mass is 10.0. The predicted octanol–water partition coefficient (Wildman–Crippen LogP) is 3.45. The molecule has 27 heavy (non-hydrogen) atoms. The molecular weight excluding hydrogens is 357 g/mol. The van der Waals surface area contributed by atoms with Gasteiger partial charge in [0.25, 0.3) is 5.91 Å². The molecule has 0 bridgehead atoms. The minimum Gasteiger partial charge on any atom is -0.340 e. The van der Waals surface area contributed by atoms with Crippen LogP contribution in [0, 0.1) is 23.4 Å². The van der Waals surface area contributed by atoms with Crippen LogP contribution in [0.2, 0.25) is 0 Å². The molecule has 2 aromatic rings. The minimum absolute atomic E-state index is 0.289. The van der Waals surface area contributed by atoms with E-state index in [2.05, 4.69) is 5.32 Å². The second-order valence-electron chi connectivity index (χ2n) is 6.79. The highest BCUT2D eigenvalue weighted by Gasteiger charge is 2.33. The first-order valence-electron chi connectivity index (χ1n) is 8.65. The number of halogens is 3. The van der Waals surface area contributed by atoms with Gasteiger partial charge in [0.2, 0.25) is 5.91 Å². The van der Waals surface area contributed by atoms with Gasteiger partial charge >= 0.3 is 0 Å². The first-order chi connectivity index (χ1) is 12.8. The zero-order valence-corrected chi connectivity index (χ0v) is 14.9. The monoisotopic (exact) mass is 376 g/mol. The number of fused-ring (bicyclic) bond motifs is 1. The molecule has 1 aliphatic rings. The van der Waals surface area contributed by atoms with Crippen LogP contribution in [-0.2, 0) is 11.2 Å². The molecule has 0 spiro atoms. The summed E-state index contributed by atoms with van der Waals surface area (Å²) in [5, 5.41) is 2.47. The predicted molar refractivity (Wildman–Crippen MR) is 94.9 cm³/mol. The Morgan fingerprint density at radius 3 is 2.44 bits per heavy atom. The van der Waals surface area contributed by atoms with Gasteiger partial charge in [-0.05, 0) is 36.1 Å². The Kier molecular flexibility index (Phi) is 5.21. The molecule has 0 aromatic heterocycles. The van der Waals surface area contributed by atoms with E-state index >= 15 is 0 Å². The molecule has 7 heteroatoms. The van der Waals surface area contributed by atoms with E-state index in [1.54, 1.807) is 18.7 Å². The summed E-state index contributed by atoms with van der Waals surface area (Å²) < 4.78 is 40.4. The van der Waals surface area contributed by atoms with Gasteiger partial charge in [0.05, 0.1) is 5.56 Å². The van der Waals surface area contributed by atoms with E-state index in [1.807, 2.05) is 24.3 Å². The molecule has 0 saturated heterocycles. The van der Waals surface area contributed by atoms with Crippen molar-refractivity contribution in [1.82, 2.24) is 5.32 Å². The lowest BCUT2D eigenvalue weighted by Crippen LogP contribution is -2.51. The molecule has 1 N–H and O–H groups in total. The topological polar surface area (TPSA) is 49.4 Å². The van der Waals surface area contributed by atoms with Crippen LogP contribution in [0.4, 0.5) is 18.9 Å². The fraction of sp³-hybridized carbons (Fsp3) is 0.300. The molecule has 0 radical (unpaired) electrons. The number of amides is 2. The zero-order valence-electron chi connectivity index (χ0n) is 14.9. The molecule has 3 rings (SSSR count). The van der Waals surface area contributed by atoms with Crippen molar-refractivity contribution in [3.8, 4) is 0 Å². The summed E-state index contributed by atoms with van der Waals surface area (Å²) in [7, 11) is 0. The normalized spacial score (nSPS) is 14.2. The third-order valence-corrected chi connectivity index (χ3v) is 4.65. The molecule has 0 unspecified atom stereocenters. The number of carbonyl (C=O) groups excluding carboxylic acids is 2. The molecule has 1 heterocycles. The van der Waals surface area contributed by atoms with Crippen LogP contribution in [0.15, 0.2) is 36.4 Å². The molecule has 2 amide bonds. The first-order valence-corrected chi connectivity index (χ1v) is 8.65. The maximum absolute atomic E-state index is 13.9. The van der Waals surface area contributed by atoms with Gasteiger partial charge in [-0.3, -0.25) is 9.59 Å². The van der Waals surface area contributed by atoms with Crippen LogP contribution in [0.1, 0.15) is 29.8 Å². The van der Waals surface area contributed by atoms with Gasteiger partial charge < -0.3 is 10.2 Å². The van der Waals surface area contributed by atoms with E-state index in [1.165, 1.54) is 0 Å². The summed E-state index contributed by atoms with van der Waals surface area (Å²) in [5.41, 5.74) is 1.17. The summed E-state index contributed by atoms with van der Waals surface area (Å²) in [5.74, 6) is -6.26. The van der Waals surface area contributed by atoms with Gasteiger partial charge in [-0.25, -0.2) is 13.2 Å². The van der Waals surface area contributed by atoms with Crippen LogP contribution in [0.3, 0.4) is 0 Å². The molecule has 1 aliphatic heterocycles. The van der Waals surface area contributed by atoms with Crippen molar-refractivity contribution in [2.45, 2.75) is 26.3 Å². The van der Waals surface area contributed by atoms with E-state index in [4.69, 9.17) is 0 Å². The van der Waals surface area contributed by atoms with Crippen molar-refractivity contribution >= 4 is 17.5 Å². The standard InChI is InChI=1S/C20H19F3N2O2/c1-11(2)18(20(27)25-10-9-12-5-3-4-6-15(12)25)24-19(26)13-7-8-14(21)17(23)16(13)22/h3-8,11,18H,9-10H2,1-2H3,(H,24,26)/t18-/m0/s1. The summed E-state index contributed by atoms with van der Waals surface area (Å²) in [6.45, 7) is 3.97. The van der Waals surface area contributed by atoms with Crippen LogP contribution in [-0.4, -0.2) is 24.4 Å². The molecular formula is C20H19F3N2O2. The van der Waals surface area contributed by atoms with Gasteiger partial charge in [-0.2, -0.15) is 0 Å². The Hall–Kier alpha value is -2.83. The van der Waals surface area contributed by atoms with Gasteiger partial charge in [0.15, 0.2) is 17.5 Å². The summed E-state index contributed by atoms with van der Waals surface area (Å²) in [6, 6.07) is 8.07. The van der Waals surface area contributed by atoms with E-state index in [0.717, 1.165) is 17.3 Å². The van der Waals surface area contributed by atoms with Gasteiger partial charge in [-0.1, -0.05) is 32.0 Å².